The normalized spacial score (nSPS) is 13.5. The van der Waals surface area contributed by atoms with E-state index in [0.29, 0.717) is 12.6 Å². The number of hydrazone groups is 1. The van der Waals surface area contributed by atoms with Crippen LogP contribution in [0, 0.1) is 5.92 Å². The zero-order chi connectivity index (χ0) is 22.4. The number of amides is 2. The summed E-state index contributed by atoms with van der Waals surface area (Å²) in [5.74, 6) is -1.88. The van der Waals surface area contributed by atoms with E-state index in [4.69, 9.17) is 9.84 Å². The number of carbonyl (C=O) groups is 3. The average molecular weight is 423 g/mol. The fourth-order valence-electron chi connectivity index (χ4n) is 3.71. The summed E-state index contributed by atoms with van der Waals surface area (Å²) >= 11 is 0. The molecule has 0 fully saturated rings. The minimum atomic E-state index is -1.29. The van der Waals surface area contributed by atoms with Crippen molar-refractivity contribution in [3.8, 4) is 11.1 Å². The highest BCUT2D eigenvalue weighted by Gasteiger charge is 2.30. The van der Waals surface area contributed by atoms with Gasteiger partial charge in [0.25, 0.3) is 5.91 Å². The molecule has 0 bridgehead atoms. The van der Waals surface area contributed by atoms with Gasteiger partial charge in [-0.25, -0.2) is 15.0 Å². The van der Waals surface area contributed by atoms with E-state index < -0.39 is 24.0 Å². The molecule has 162 valence electrons. The van der Waals surface area contributed by atoms with Crippen LogP contribution in [0.3, 0.4) is 0 Å². The van der Waals surface area contributed by atoms with Crippen LogP contribution < -0.4 is 10.7 Å². The molecule has 0 saturated carbocycles. The Morgan fingerprint density at radius 3 is 2.19 bits per heavy atom. The molecule has 2 aromatic carbocycles. The van der Waals surface area contributed by atoms with Crippen molar-refractivity contribution < 1.29 is 24.2 Å². The smallest absolute Gasteiger partial charge is 0.407 e. The molecule has 8 nitrogen and oxygen atoms in total. The Morgan fingerprint density at radius 2 is 1.65 bits per heavy atom. The highest BCUT2D eigenvalue weighted by atomic mass is 16.5. The molecular weight excluding hydrogens is 398 g/mol. The summed E-state index contributed by atoms with van der Waals surface area (Å²) in [6.45, 7) is 3.94. The quantitative estimate of drug-likeness (QED) is 0.445. The Balaban J connectivity index is 1.65. The van der Waals surface area contributed by atoms with Gasteiger partial charge in [0.15, 0.2) is 0 Å². The summed E-state index contributed by atoms with van der Waals surface area (Å²) in [4.78, 5) is 35.3. The number of benzene rings is 2. The number of fused-ring (bicyclic) bond motifs is 3. The summed E-state index contributed by atoms with van der Waals surface area (Å²) in [7, 11) is 0. The monoisotopic (exact) mass is 423 g/mol. The number of carbonyl (C=O) groups excluding carboxylic acids is 2. The van der Waals surface area contributed by atoms with Gasteiger partial charge in [-0.1, -0.05) is 62.4 Å². The fraction of sp³-hybridized carbons (Fsp3) is 0.304. The zero-order valence-electron chi connectivity index (χ0n) is 17.4. The van der Waals surface area contributed by atoms with Crippen LogP contribution in [-0.4, -0.2) is 41.9 Å². The van der Waals surface area contributed by atoms with Gasteiger partial charge in [-0.05, 0) is 34.6 Å². The molecule has 0 saturated heterocycles. The van der Waals surface area contributed by atoms with Crippen LogP contribution in [0.2, 0.25) is 0 Å². The van der Waals surface area contributed by atoms with Gasteiger partial charge in [0.1, 0.15) is 18.9 Å². The topological polar surface area (TPSA) is 117 Å². The highest BCUT2D eigenvalue weighted by Crippen LogP contribution is 2.44. The first-order chi connectivity index (χ1) is 14.9. The Labute approximate surface area is 180 Å². The van der Waals surface area contributed by atoms with Gasteiger partial charge < -0.3 is 15.2 Å². The van der Waals surface area contributed by atoms with E-state index >= 15 is 0 Å². The molecule has 0 radical (unpaired) electrons. The van der Waals surface area contributed by atoms with Crippen LogP contribution in [0.15, 0.2) is 53.6 Å². The number of hydrogen-bond donors (Lipinski definition) is 3. The third kappa shape index (κ3) is 5.48. The molecule has 3 N–H and O–H groups in total. The molecule has 3 rings (SSSR count). The number of aliphatic carboxylic acids is 1. The van der Waals surface area contributed by atoms with Crippen molar-refractivity contribution in [1.29, 1.82) is 0 Å². The van der Waals surface area contributed by atoms with Crippen molar-refractivity contribution in [3.63, 3.8) is 0 Å². The van der Waals surface area contributed by atoms with Crippen LogP contribution in [0.5, 0.6) is 0 Å². The van der Waals surface area contributed by atoms with Crippen LogP contribution in [0.4, 0.5) is 4.79 Å². The number of carboxylic acid groups (broad SMARTS) is 1. The van der Waals surface area contributed by atoms with E-state index in [1.807, 2.05) is 50.2 Å². The van der Waals surface area contributed by atoms with E-state index in [-0.39, 0.29) is 18.4 Å². The molecule has 1 atom stereocenters. The first-order valence-electron chi connectivity index (χ1n) is 10.0. The van der Waals surface area contributed by atoms with Crippen LogP contribution >= 0.6 is 0 Å². The summed E-state index contributed by atoms with van der Waals surface area (Å²) in [6.07, 6.45) is 0.195. The predicted molar refractivity (Wildman–Crippen MR) is 116 cm³/mol. The van der Waals surface area contributed by atoms with E-state index in [2.05, 4.69) is 28.0 Å². The molecule has 0 aliphatic heterocycles. The lowest BCUT2D eigenvalue weighted by molar-refractivity contribution is -0.128. The second-order valence-corrected chi connectivity index (χ2v) is 7.72. The number of nitrogens with zero attached hydrogens (tertiary/aromatic N) is 1. The van der Waals surface area contributed by atoms with Crippen molar-refractivity contribution in [2.24, 2.45) is 11.0 Å². The molecule has 2 amide bonds. The maximum Gasteiger partial charge on any atom is 0.407 e. The first kappa shape index (κ1) is 22.0. The second-order valence-electron chi connectivity index (χ2n) is 7.72. The summed E-state index contributed by atoms with van der Waals surface area (Å²) in [5.41, 5.74) is 6.57. The maximum atomic E-state index is 12.5. The van der Waals surface area contributed by atoms with Crippen LogP contribution in [-0.2, 0) is 14.3 Å². The molecular formula is C23H25N3O5. The Kier molecular flexibility index (Phi) is 7.02. The summed E-state index contributed by atoms with van der Waals surface area (Å²) in [5, 5.41) is 14.5. The van der Waals surface area contributed by atoms with Gasteiger partial charge in [-0.3, -0.25) is 4.79 Å². The van der Waals surface area contributed by atoms with Gasteiger partial charge in [-0.15, -0.1) is 0 Å². The van der Waals surface area contributed by atoms with Crippen LogP contribution in [0.25, 0.3) is 11.1 Å². The maximum absolute atomic E-state index is 12.5. The lowest BCUT2D eigenvalue weighted by atomic mass is 9.98. The lowest BCUT2D eigenvalue weighted by Crippen LogP contribution is -2.46. The number of nitrogens with one attached hydrogen (secondary N) is 2. The van der Waals surface area contributed by atoms with E-state index in [9.17, 15) is 14.4 Å². The lowest BCUT2D eigenvalue weighted by Gasteiger charge is -2.20. The van der Waals surface area contributed by atoms with E-state index in [0.717, 1.165) is 22.3 Å². The molecule has 2 aromatic rings. The highest BCUT2D eigenvalue weighted by molar-refractivity contribution is 6.22. The molecule has 0 unspecified atom stereocenters. The van der Waals surface area contributed by atoms with Gasteiger partial charge in [-0.2, -0.15) is 5.10 Å². The Morgan fingerprint density at radius 1 is 1.06 bits per heavy atom. The predicted octanol–water partition coefficient (Wildman–Crippen LogP) is 3.13. The minimum absolute atomic E-state index is 0.0873. The fourth-order valence-corrected chi connectivity index (χ4v) is 3.71. The largest absolute Gasteiger partial charge is 0.477 e. The molecule has 0 aromatic heterocycles. The zero-order valence-corrected chi connectivity index (χ0v) is 17.4. The van der Waals surface area contributed by atoms with Gasteiger partial charge in [0, 0.05) is 5.92 Å². The Hall–Kier alpha value is -3.68. The third-order valence-electron chi connectivity index (χ3n) is 5.01. The molecule has 0 heterocycles. The number of alkyl carbamates (subject to hydrolysis) is 1. The molecule has 8 heteroatoms. The van der Waals surface area contributed by atoms with Crippen molar-refractivity contribution in [3.05, 3.63) is 59.7 Å². The average Bonchev–Trinajstić information content (AvgIpc) is 3.05. The van der Waals surface area contributed by atoms with E-state index in [1.54, 1.807) is 0 Å². The number of rotatable bonds is 8. The standard InChI is InChI=1S/C23H25N3O5/c1-14(2)11-20(22(29)26-24-12-21(27)28)25-23(30)31-13-19-17-9-5-3-7-15(17)16-8-4-6-10-18(16)19/h3-10,12,14,19-20H,11,13H2,1-2H3,(H,25,30)(H,26,29)(H,27,28)/b24-12+/t20-/m0/s1. The number of carboxylic acids is 1. The van der Waals surface area contributed by atoms with Crippen LogP contribution in [0.1, 0.15) is 37.3 Å². The molecule has 1 aliphatic rings. The van der Waals surface area contributed by atoms with Crippen molar-refractivity contribution in [1.82, 2.24) is 10.7 Å². The molecule has 1 aliphatic carbocycles. The van der Waals surface area contributed by atoms with E-state index in [1.165, 1.54) is 0 Å². The van der Waals surface area contributed by atoms with Crippen molar-refractivity contribution in [2.45, 2.75) is 32.2 Å². The summed E-state index contributed by atoms with van der Waals surface area (Å²) in [6, 6.07) is 15.1. The van der Waals surface area contributed by atoms with Gasteiger partial charge >= 0.3 is 12.1 Å². The van der Waals surface area contributed by atoms with Crippen molar-refractivity contribution in [2.75, 3.05) is 6.61 Å². The summed E-state index contributed by atoms with van der Waals surface area (Å²) < 4.78 is 5.48. The second kappa shape index (κ2) is 9.88. The SMILES string of the molecule is CC(C)C[C@H](NC(=O)OCC1c2ccccc2-c2ccccc21)C(=O)N/N=C/C(=O)O. The third-order valence-corrected chi connectivity index (χ3v) is 5.01. The number of hydrogen-bond acceptors (Lipinski definition) is 5. The Bertz CT molecular complexity index is 957. The van der Waals surface area contributed by atoms with Gasteiger partial charge in [0.05, 0.1) is 0 Å². The van der Waals surface area contributed by atoms with Gasteiger partial charge in [0.2, 0.25) is 0 Å². The first-order valence-corrected chi connectivity index (χ1v) is 10.0. The van der Waals surface area contributed by atoms with Crippen molar-refractivity contribution >= 4 is 24.2 Å². The minimum Gasteiger partial charge on any atom is -0.477 e. The molecule has 0 spiro atoms. The molecule has 31 heavy (non-hydrogen) atoms. The number of ether oxygens (including phenoxy) is 1.